The number of hydrogen-bond acceptors (Lipinski definition) is 1. The van der Waals surface area contributed by atoms with Gasteiger partial charge in [0.2, 0.25) is 0 Å². The van der Waals surface area contributed by atoms with Crippen LogP contribution in [0.2, 0.25) is 0 Å². The van der Waals surface area contributed by atoms with E-state index in [1.54, 1.807) is 5.54 Å². The normalized spacial score (nSPS) is 6.17. The highest BCUT2D eigenvalue weighted by Gasteiger charge is 1.78. The molecule has 0 N–H and O–H groups in total. The summed E-state index contributed by atoms with van der Waals surface area (Å²) in [5, 5.41) is 0. The summed E-state index contributed by atoms with van der Waals surface area (Å²) in [6.07, 6.45) is 0. The van der Waals surface area contributed by atoms with Crippen LogP contribution in [0.25, 0.3) is 0 Å². The molecule has 0 radical (unpaired) electrons. The lowest BCUT2D eigenvalue weighted by Crippen LogP contribution is -1.79. The van der Waals surface area contributed by atoms with Gasteiger partial charge in [0.1, 0.15) is 5.54 Å². The van der Waals surface area contributed by atoms with E-state index in [2.05, 4.69) is 6.58 Å². The highest BCUT2D eigenvalue weighted by atomic mass is 35.6. The first kappa shape index (κ1) is 5.83. The molecule has 0 aromatic carbocycles. The minimum absolute atomic E-state index is 1.42. The van der Waals surface area contributed by atoms with E-state index in [0.717, 1.165) is 0 Å². The maximum absolute atomic E-state index is 9.45. The van der Waals surface area contributed by atoms with Crippen LogP contribution in [0.3, 0.4) is 0 Å². The van der Waals surface area contributed by atoms with Crippen LogP contribution in [-0.2, 0) is 4.79 Å². The molecule has 3 heteroatoms. The van der Waals surface area contributed by atoms with Crippen molar-refractivity contribution in [2.45, 2.75) is 0 Å². The third-order valence-corrected chi connectivity index (χ3v) is 1.52. The molecule has 0 aromatic rings. The van der Waals surface area contributed by atoms with Gasteiger partial charge in [-0.1, -0.05) is 5.70 Å². The van der Waals surface area contributed by atoms with Crippen molar-refractivity contribution in [3.05, 3.63) is 12.3 Å². The summed E-state index contributed by atoms with van der Waals surface area (Å²) in [4.78, 5) is 9.45. The Labute approximate surface area is 42.2 Å². The van der Waals surface area contributed by atoms with Crippen molar-refractivity contribution in [2.24, 2.45) is 0 Å². The summed E-state index contributed by atoms with van der Waals surface area (Å²) in [5.74, 6) is 0. The summed E-state index contributed by atoms with van der Waals surface area (Å²) in [5.41, 5.74) is 3.03. The van der Waals surface area contributed by atoms with Crippen molar-refractivity contribution in [2.75, 3.05) is 0 Å². The molecule has 0 saturated carbocycles. The molecule has 0 saturated heterocycles. The third kappa shape index (κ3) is 2.09. The lowest BCUT2D eigenvalue weighted by Gasteiger charge is -1.61. The van der Waals surface area contributed by atoms with Crippen molar-refractivity contribution in [3.8, 4) is 0 Å². The van der Waals surface area contributed by atoms with Gasteiger partial charge < -0.3 is 0 Å². The lowest BCUT2D eigenvalue weighted by molar-refractivity contribution is 0.571. The van der Waals surface area contributed by atoms with Gasteiger partial charge in [0, 0.05) is 0 Å². The zero-order valence-electron chi connectivity index (χ0n) is 3.07. The highest BCUT2D eigenvalue weighted by Crippen LogP contribution is 1.71. The van der Waals surface area contributed by atoms with Crippen LogP contribution in [-0.4, -0.2) is 13.3 Å². The number of halogens is 1. The number of rotatable bonds is 1. The van der Waals surface area contributed by atoms with Crippen molar-refractivity contribution < 1.29 is 4.79 Å². The van der Waals surface area contributed by atoms with E-state index in [-0.39, 0.29) is 0 Å². The van der Waals surface area contributed by atoms with Gasteiger partial charge in [-0.25, -0.2) is 4.79 Å². The first-order chi connectivity index (χ1) is 2.81. The Balaban J connectivity index is 3.86. The molecule has 0 bridgehead atoms. The van der Waals surface area contributed by atoms with Crippen LogP contribution in [0.5, 0.6) is 0 Å². The molecule has 0 aliphatic carbocycles. The van der Waals surface area contributed by atoms with Gasteiger partial charge in [0.15, 0.2) is 0 Å². The topological polar surface area (TPSA) is 17.1 Å². The molecule has 0 rings (SSSR count). The van der Waals surface area contributed by atoms with Crippen LogP contribution < -0.4 is 0 Å². The predicted molar refractivity (Wildman–Crippen MR) is 27.5 cm³/mol. The first-order valence-electron chi connectivity index (χ1n) is 1.34. The van der Waals surface area contributed by atoms with E-state index in [4.69, 9.17) is 11.1 Å². The minimum Gasteiger partial charge on any atom is -0.241 e. The fraction of sp³-hybridized carbons (Fsp3) is 0. The maximum atomic E-state index is 9.45. The average Bonchev–Trinajstić information content (AvgIpc) is 1.65. The Hall–Kier alpha value is -0.173. The molecule has 0 unspecified atom stereocenters. The van der Waals surface area contributed by atoms with Crippen LogP contribution in [0.4, 0.5) is 0 Å². The molecule has 0 spiro atoms. The Kier molecular flexibility index (Phi) is 2.95. The van der Waals surface area contributed by atoms with E-state index in [0.29, 0.717) is 0 Å². The fourth-order valence-electron chi connectivity index (χ4n) is 0.0417. The van der Waals surface area contributed by atoms with E-state index in [1.165, 1.54) is 5.70 Å². The monoisotopic (exact) mass is 118 g/mol. The second-order valence-corrected chi connectivity index (χ2v) is 3.18. The summed E-state index contributed by atoms with van der Waals surface area (Å²) in [6.45, 7) is 3.28. The van der Waals surface area contributed by atoms with E-state index in [1.807, 2.05) is 0 Å². The Morgan fingerprint density at radius 1 is 2.00 bits per heavy atom. The zero-order valence-corrected chi connectivity index (χ0v) is 4.83. The lowest BCUT2D eigenvalue weighted by atomic mass is 11.3. The van der Waals surface area contributed by atoms with Crippen LogP contribution >= 0.6 is 11.1 Å². The molecule has 1 nitrogen and oxygen atoms in total. The minimum atomic E-state index is -1.44. The smallest absolute Gasteiger partial charge is 0.241 e. The maximum Gasteiger partial charge on any atom is 0.255 e. The van der Waals surface area contributed by atoms with Crippen molar-refractivity contribution in [3.63, 3.8) is 0 Å². The van der Waals surface area contributed by atoms with Crippen molar-refractivity contribution in [1.29, 1.82) is 0 Å². The average molecular weight is 119 g/mol. The molecular formula is C3H3ClOSi. The molecule has 0 heterocycles. The van der Waals surface area contributed by atoms with Crippen LogP contribution in [0.1, 0.15) is 0 Å². The third-order valence-electron chi connectivity index (χ3n) is 0.277. The van der Waals surface area contributed by atoms with Crippen LogP contribution in [0, 0.1) is 0 Å². The van der Waals surface area contributed by atoms with E-state index in [9.17, 15) is 4.79 Å². The fourth-order valence-corrected chi connectivity index (χ4v) is 0.125. The van der Waals surface area contributed by atoms with Gasteiger partial charge >= 0.3 is 0 Å². The molecule has 0 amide bonds. The summed E-state index contributed by atoms with van der Waals surface area (Å²) in [6, 6.07) is 0. The molecule has 6 heavy (non-hydrogen) atoms. The van der Waals surface area contributed by atoms with Gasteiger partial charge in [-0.15, -0.1) is 17.7 Å². The van der Waals surface area contributed by atoms with Gasteiger partial charge in [-0.3, -0.25) is 0 Å². The predicted octanol–water partition coefficient (Wildman–Crippen LogP) is 0.591. The van der Waals surface area contributed by atoms with Gasteiger partial charge in [0.25, 0.3) is 7.72 Å². The molecule has 0 atom stereocenters. The molecule has 0 aliphatic rings. The van der Waals surface area contributed by atoms with E-state index >= 15 is 0 Å². The van der Waals surface area contributed by atoms with Gasteiger partial charge in [0.05, 0.1) is 0 Å². The summed E-state index contributed by atoms with van der Waals surface area (Å²) in [7, 11) is -1.44. The number of carbonyl (C=O) groups excluding carboxylic acids is 1. The first-order valence-corrected chi connectivity index (χ1v) is 3.93. The van der Waals surface area contributed by atoms with Gasteiger partial charge in [-0.05, 0) is 0 Å². The molecule has 0 fully saturated rings. The Bertz CT molecular complexity index is 103. The quantitative estimate of drug-likeness (QED) is 0.364. The second-order valence-electron chi connectivity index (χ2n) is 0.654. The van der Waals surface area contributed by atoms with Gasteiger partial charge in [-0.2, -0.15) is 0 Å². The highest BCUT2D eigenvalue weighted by molar-refractivity contribution is 7.10. The van der Waals surface area contributed by atoms with Crippen molar-refractivity contribution in [1.82, 2.24) is 0 Å². The van der Waals surface area contributed by atoms with Crippen molar-refractivity contribution >= 4 is 24.3 Å². The van der Waals surface area contributed by atoms with E-state index < -0.39 is 7.72 Å². The number of hydrogen-bond donors (Lipinski definition) is 0. The molecule has 32 valence electrons. The van der Waals surface area contributed by atoms with Crippen LogP contribution in [0.15, 0.2) is 12.3 Å². The largest absolute Gasteiger partial charge is 0.255 e. The Morgan fingerprint density at radius 3 is 2.50 bits per heavy atom. The zero-order chi connectivity index (χ0) is 4.99. The molecular weight excluding hydrogens is 116 g/mol. The summed E-state index contributed by atoms with van der Waals surface area (Å²) >= 11 is 5.21. The SMILES string of the molecule is C=C[Si](Cl)=C=O. The summed E-state index contributed by atoms with van der Waals surface area (Å²) < 4.78 is 0. The Morgan fingerprint density at radius 2 is 2.50 bits per heavy atom. The standard InChI is InChI=1S/C3H3ClOSi/c1-2-6(4)3-5/h2H,1H2. The molecule has 0 aromatic heterocycles. The molecule has 0 aliphatic heterocycles. The second kappa shape index (κ2) is 3.03.